The number of methoxy groups -OCH3 is 1. The monoisotopic (exact) mass is 384 g/mol. The maximum Gasteiger partial charge on any atom is 0.416 e. The second-order valence-electron chi connectivity index (χ2n) is 6.51. The first-order valence-electron chi connectivity index (χ1n) is 8.47. The zero-order valence-corrected chi connectivity index (χ0v) is 14.6. The number of carbonyl (C=O) groups excluding carboxylic acids is 1. The van der Waals surface area contributed by atoms with Crippen LogP contribution >= 0.6 is 0 Å². The number of ether oxygens (including phenoxy) is 1. The number of nitrogens with zero attached hydrogens (tertiary/aromatic N) is 1. The summed E-state index contributed by atoms with van der Waals surface area (Å²) in [6.45, 7) is 0.297. The van der Waals surface area contributed by atoms with Gasteiger partial charge in [0.25, 0.3) is 5.56 Å². The molecule has 0 aliphatic carbocycles. The molecule has 27 heavy (non-hydrogen) atoms. The number of rotatable bonds is 3. The Bertz CT molecular complexity index is 859. The number of halogens is 3. The second-order valence-corrected chi connectivity index (χ2v) is 6.51. The summed E-state index contributed by atoms with van der Waals surface area (Å²) in [5.41, 5.74) is -0.982. The Kier molecular flexibility index (Phi) is 5.29. The van der Waals surface area contributed by atoms with Gasteiger partial charge in [0.05, 0.1) is 12.7 Å². The molecule has 1 amide bonds. The summed E-state index contributed by atoms with van der Waals surface area (Å²) in [6, 6.07) is 6.14. The molecule has 2 atom stereocenters. The molecular formula is C18H19F3N2O4. The van der Waals surface area contributed by atoms with E-state index in [-0.39, 0.29) is 23.5 Å². The molecule has 1 aromatic carbocycles. The first kappa shape index (κ1) is 19.1. The zero-order valence-electron chi connectivity index (χ0n) is 14.6. The fourth-order valence-corrected chi connectivity index (χ4v) is 3.59. The third kappa shape index (κ3) is 4.17. The Labute approximate surface area is 152 Å². The van der Waals surface area contributed by atoms with Crippen molar-refractivity contribution in [1.82, 2.24) is 10.1 Å². The molecule has 0 unspecified atom stereocenters. The molecule has 9 heteroatoms. The number of aromatic nitrogens is 1. The van der Waals surface area contributed by atoms with Gasteiger partial charge in [-0.3, -0.25) is 4.79 Å². The molecule has 0 saturated carbocycles. The number of nitrogens with one attached hydrogen (secondary N) is 1. The van der Waals surface area contributed by atoms with Crippen LogP contribution in [0.1, 0.15) is 35.6 Å². The van der Waals surface area contributed by atoms with Crippen molar-refractivity contribution < 1.29 is 27.2 Å². The lowest BCUT2D eigenvalue weighted by Gasteiger charge is -2.38. The molecule has 146 valence electrons. The molecule has 2 heterocycles. The van der Waals surface area contributed by atoms with E-state index in [1.165, 1.54) is 30.2 Å². The molecule has 1 N–H and O–H groups in total. The first-order chi connectivity index (χ1) is 12.8. The molecule has 1 aromatic heterocycles. The normalized spacial score (nSPS) is 20.5. The quantitative estimate of drug-likeness (QED) is 0.878. The summed E-state index contributed by atoms with van der Waals surface area (Å²) in [4.78, 5) is 24.9. The average molecular weight is 384 g/mol. The van der Waals surface area contributed by atoms with Crippen LogP contribution in [0.25, 0.3) is 0 Å². The number of aromatic amines is 1. The van der Waals surface area contributed by atoms with Crippen molar-refractivity contribution in [2.75, 3.05) is 13.7 Å². The van der Waals surface area contributed by atoms with Crippen LogP contribution in [0.5, 0.6) is 0 Å². The number of likely N-dealkylation sites (tertiary alicyclic amines) is 1. The van der Waals surface area contributed by atoms with Crippen LogP contribution in [-0.2, 0) is 17.3 Å². The van der Waals surface area contributed by atoms with Crippen LogP contribution in [0.3, 0.4) is 0 Å². The molecule has 1 saturated heterocycles. The lowest BCUT2D eigenvalue weighted by Crippen LogP contribution is -2.46. The van der Waals surface area contributed by atoms with Crippen LogP contribution in [0, 0.1) is 0 Å². The highest BCUT2D eigenvalue weighted by Gasteiger charge is 2.37. The van der Waals surface area contributed by atoms with Crippen LogP contribution < -0.4 is 5.56 Å². The van der Waals surface area contributed by atoms with E-state index >= 15 is 0 Å². The summed E-state index contributed by atoms with van der Waals surface area (Å²) in [6.07, 6.45) is -4.15. The van der Waals surface area contributed by atoms with Crippen LogP contribution in [0.15, 0.2) is 39.6 Å². The highest BCUT2D eigenvalue weighted by atomic mass is 19.4. The number of hydrogen-bond acceptors (Lipinski definition) is 4. The minimum Gasteiger partial charge on any atom is -0.453 e. The Morgan fingerprint density at radius 2 is 2.11 bits per heavy atom. The van der Waals surface area contributed by atoms with Crippen molar-refractivity contribution in [3.8, 4) is 0 Å². The van der Waals surface area contributed by atoms with Crippen molar-refractivity contribution >= 4 is 6.09 Å². The van der Waals surface area contributed by atoms with E-state index in [4.69, 9.17) is 9.26 Å². The number of benzene rings is 1. The van der Waals surface area contributed by atoms with Crippen LogP contribution in [0.2, 0.25) is 0 Å². The van der Waals surface area contributed by atoms with Gasteiger partial charge in [0.1, 0.15) is 5.76 Å². The van der Waals surface area contributed by atoms with Crippen molar-refractivity contribution in [3.63, 3.8) is 0 Å². The number of H-pyrrole nitrogens is 1. The number of amides is 1. The SMILES string of the molecule is COC(=O)N1CC[C@H](c2cc(=O)[nH]o2)C[C@@H]1Cc1ccccc1C(F)(F)F. The lowest BCUT2D eigenvalue weighted by atomic mass is 9.85. The first-order valence-corrected chi connectivity index (χ1v) is 8.47. The van der Waals surface area contributed by atoms with Gasteiger partial charge in [-0.05, 0) is 30.9 Å². The van der Waals surface area contributed by atoms with Gasteiger partial charge in [-0.15, -0.1) is 0 Å². The third-order valence-electron chi connectivity index (χ3n) is 4.85. The summed E-state index contributed by atoms with van der Waals surface area (Å²) in [5, 5.41) is 2.22. The Hall–Kier alpha value is -2.71. The van der Waals surface area contributed by atoms with Crippen molar-refractivity contribution in [1.29, 1.82) is 0 Å². The van der Waals surface area contributed by atoms with E-state index in [0.717, 1.165) is 6.07 Å². The van der Waals surface area contributed by atoms with E-state index in [9.17, 15) is 22.8 Å². The van der Waals surface area contributed by atoms with Crippen molar-refractivity contribution in [3.05, 3.63) is 57.6 Å². The van der Waals surface area contributed by atoms with E-state index in [0.29, 0.717) is 25.1 Å². The zero-order chi connectivity index (χ0) is 19.6. The fourth-order valence-electron chi connectivity index (χ4n) is 3.59. The average Bonchev–Trinajstić information content (AvgIpc) is 3.07. The minimum atomic E-state index is -4.48. The molecule has 0 bridgehead atoms. The summed E-state index contributed by atoms with van der Waals surface area (Å²) in [7, 11) is 1.24. The number of carbonyl (C=O) groups is 1. The van der Waals surface area contributed by atoms with E-state index in [1.807, 2.05) is 0 Å². The topological polar surface area (TPSA) is 75.5 Å². The van der Waals surface area contributed by atoms with Gasteiger partial charge < -0.3 is 14.2 Å². The molecule has 0 spiro atoms. The van der Waals surface area contributed by atoms with Gasteiger partial charge in [0.2, 0.25) is 0 Å². The number of piperidine rings is 1. The Balaban J connectivity index is 1.88. The molecule has 3 rings (SSSR count). The highest BCUT2D eigenvalue weighted by molar-refractivity contribution is 5.68. The van der Waals surface area contributed by atoms with Gasteiger partial charge in [-0.1, -0.05) is 18.2 Å². The predicted molar refractivity (Wildman–Crippen MR) is 89.4 cm³/mol. The second kappa shape index (κ2) is 7.50. The van der Waals surface area contributed by atoms with E-state index < -0.39 is 23.9 Å². The van der Waals surface area contributed by atoms with Gasteiger partial charge in [-0.25, -0.2) is 4.79 Å². The lowest BCUT2D eigenvalue weighted by molar-refractivity contribution is -0.138. The fraction of sp³-hybridized carbons (Fsp3) is 0.444. The molecular weight excluding hydrogens is 365 g/mol. The maximum absolute atomic E-state index is 13.3. The van der Waals surface area contributed by atoms with Crippen LogP contribution in [0.4, 0.5) is 18.0 Å². The molecule has 1 aliphatic heterocycles. The predicted octanol–water partition coefficient (Wildman–Crippen LogP) is 3.54. The molecule has 6 nitrogen and oxygen atoms in total. The van der Waals surface area contributed by atoms with Crippen LogP contribution in [-0.4, -0.2) is 35.8 Å². The Morgan fingerprint density at radius 3 is 2.74 bits per heavy atom. The standard InChI is InChI=1S/C18H19F3N2O4/c1-26-17(25)23-7-6-12(15-10-16(24)22-27-15)9-13(23)8-11-4-2-3-5-14(11)18(19,20)21/h2-5,10,12-13H,6-9H2,1H3,(H,22,24)/t12-,13-/m0/s1. The molecule has 2 aromatic rings. The molecule has 0 radical (unpaired) electrons. The van der Waals surface area contributed by atoms with Crippen molar-refractivity contribution in [2.24, 2.45) is 0 Å². The van der Waals surface area contributed by atoms with Gasteiger partial charge in [0.15, 0.2) is 0 Å². The number of alkyl halides is 3. The molecule has 1 aliphatic rings. The summed E-state index contributed by atoms with van der Waals surface area (Å²) in [5.74, 6) is 0.270. The maximum atomic E-state index is 13.3. The highest BCUT2D eigenvalue weighted by Crippen LogP contribution is 2.36. The summed E-state index contributed by atoms with van der Waals surface area (Å²) < 4.78 is 49.9. The Morgan fingerprint density at radius 1 is 1.37 bits per heavy atom. The van der Waals surface area contributed by atoms with Crippen molar-refractivity contribution in [2.45, 2.75) is 37.4 Å². The van der Waals surface area contributed by atoms with E-state index in [1.54, 1.807) is 6.07 Å². The minimum absolute atomic E-state index is 0.0237. The smallest absolute Gasteiger partial charge is 0.416 e. The third-order valence-corrected chi connectivity index (χ3v) is 4.85. The van der Waals surface area contributed by atoms with E-state index in [2.05, 4.69) is 5.16 Å². The van der Waals surface area contributed by atoms with Gasteiger partial charge >= 0.3 is 12.3 Å². The largest absolute Gasteiger partial charge is 0.453 e. The van der Waals surface area contributed by atoms with Gasteiger partial charge in [-0.2, -0.15) is 18.3 Å². The van der Waals surface area contributed by atoms with Gasteiger partial charge in [0, 0.05) is 24.6 Å². The molecule has 1 fully saturated rings. The number of hydrogen-bond donors (Lipinski definition) is 1. The summed E-state index contributed by atoms with van der Waals surface area (Å²) >= 11 is 0.